The van der Waals surface area contributed by atoms with Crippen LogP contribution < -0.4 is 4.74 Å². The third-order valence-corrected chi connectivity index (χ3v) is 4.93. The molecule has 0 atom stereocenters. The van der Waals surface area contributed by atoms with Gasteiger partial charge in [0.2, 0.25) is 5.90 Å². The van der Waals surface area contributed by atoms with Crippen molar-refractivity contribution < 1.29 is 14.3 Å². The molecule has 0 saturated heterocycles. The Bertz CT molecular complexity index is 1060. The van der Waals surface area contributed by atoms with E-state index in [1.54, 1.807) is 6.08 Å². The Hall–Kier alpha value is -3.18. The fourth-order valence-corrected chi connectivity index (χ4v) is 3.14. The SMILES string of the molecule is O=C1OC(c2ccc(Br)cc2)=N/C1=C\c1ccc(OCCc2ccccc2)cc1. The number of cyclic esters (lactones) is 1. The quantitative estimate of drug-likeness (QED) is 0.374. The van der Waals surface area contributed by atoms with Crippen LogP contribution in [0.2, 0.25) is 0 Å². The van der Waals surface area contributed by atoms with Crippen LogP contribution in [0.25, 0.3) is 6.08 Å². The molecule has 0 unspecified atom stereocenters. The summed E-state index contributed by atoms with van der Waals surface area (Å²) in [6, 6.07) is 25.2. The molecular formula is C24H18BrNO3. The van der Waals surface area contributed by atoms with E-state index in [1.165, 1.54) is 5.56 Å². The molecule has 1 aliphatic heterocycles. The second-order valence-corrected chi connectivity index (χ2v) is 7.41. The van der Waals surface area contributed by atoms with E-state index < -0.39 is 5.97 Å². The first-order valence-electron chi connectivity index (χ1n) is 9.23. The molecule has 3 aromatic rings. The number of benzene rings is 3. The molecule has 1 aliphatic rings. The van der Waals surface area contributed by atoms with Crippen molar-refractivity contribution in [2.45, 2.75) is 6.42 Å². The maximum atomic E-state index is 12.1. The Labute approximate surface area is 177 Å². The summed E-state index contributed by atoms with van der Waals surface area (Å²) < 4.78 is 12.0. The molecule has 0 fully saturated rings. The van der Waals surface area contributed by atoms with Gasteiger partial charge in [-0.2, -0.15) is 0 Å². The lowest BCUT2D eigenvalue weighted by Crippen LogP contribution is -2.05. The third-order valence-electron chi connectivity index (χ3n) is 4.40. The number of halogens is 1. The number of ether oxygens (including phenoxy) is 2. The highest BCUT2D eigenvalue weighted by Crippen LogP contribution is 2.21. The van der Waals surface area contributed by atoms with Crippen LogP contribution >= 0.6 is 15.9 Å². The van der Waals surface area contributed by atoms with Gasteiger partial charge in [0.15, 0.2) is 5.70 Å². The van der Waals surface area contributed by atoms with Gasteiger partial charge >= 0.3 is 5.97 Å². The molecule has 29 heavy (non-hydrogen) atoms. The van der Waals surface area contributed by atoms with Crippen molar-refractivity contribution in [2.75, 3.05) is 6.61 Å². The van der Waals surface area contributed by atoms with Gasteiger partial charge in [0.1, 0.15) is 5.75 Å². The van der Waals surface area contributed by atoms with Gasteiger partial charge in [0.05, 0.1) is 6.61 Å². The maximum absolute atomic E-state index is 12.1. The van der Waals surface area contributed by atoms with Crippen molar-refractivity contribution in [3.05, 3.63) is 106 Å². The first-order chi connectivity index (χ1) is 14.2. The predicted molar refractivity (Wildman–Crippen MR) is 117 cm³/mol. The van der Waals surface area contributed by atoms with Crippen molar-refractivity contribution in [3.8, 4) is 5.75 Å². The van der Waals surface area contributed by atoms with Crippen molar-refractivity contribution >= 4 is 33.9 Å². The highest BCUT2D eigenvalue weighted by atomic mass is 79.9. The van der Waals surface area contributed by atoms with Crippen LogP contribution in [0.4, 0.5) is 0 Å². The molecule has 1 heterocycles. The minimum atomic E-state index is -0.453. The first-order valence-corrected chi connectivity index (χ1v) is 10.0. The van der Waals surface area contributed by atoms with Gasteiger partial charge in [-0.15, -0.1) is 0 Å². The van der Waals surface area contributed by atoms with Gasteiger partial charge < -0.3 is 9.47 Å². The smallest absolute Gasteiger partial charge is 0.363 e. The average Bonchev–Trinajstić information content (AvgIpc) is 3.11. The van der Waals surface area contributed by atoms with Gasteiger partial charge in [-0.1, -0.05) is 58.4 Å². The van der Waals surface area contributed by atoms with Crippen LogP contribution in [-0.4, -0.2) is 18.5 Å². The molecule has 4 rings (SSSR count). The summed E-state index contributed by atoms with van der Waals surface area (Å²) in [6.45, 7) is 0.609. The first kappa shape index (κ1) is 19.2. The van der Waals surface area contributed by atoms with E-state index in [9.17, 15) is 4.79 Å². The topological polar surface area (TPSA) is 47.9 Å². The lowest BCUT2D eigenvalue weighted by Gasteiger charge is -2.06. The normalized spacial score (nSPS) is 14.6. The number of carbonyl (C=O) groups is 1. The second-order valence-electron chi connectivity index (χ2n) is 6.50. The minimum absolute atomic E-state index is 0.278. The fourth-order valence-electron chi connectivity index (χ4n) is 2.87. The van der Waals surface area contributed by atoms with Crippen molar-refractivity contribution in [1.82, 2.24) is 0 Å². The Morgan fingerprint density at radius 1 is 0.931 bits per heavy atom. The standard InChI is InChI=1S/C24H18BrNO3/c25-20-10-8-19(9-11-20)23-26-22(24(27)29-23)16-18-6-12-21(13-7-18)28-15-14-17-4-2-1-3-5-17/h1-13,16H,14-15H2/b22-16-. The van der Waals surface area contributed by atoms with Gasteiger partial charge in [0.25, 0.3) is 0 Å². The van der Waals surface area contributed by atoms with E-state index >= 15 is 0 Å². The zero-order valence-electron chi connectivity index (χ0n) is 15.5. The molecule has 5 heteroatoms. The Morgan fingerprint density at radius 2 is 1.66 bits per heavy atom. The van der Waals surface area contributed by atoms with Crippen LogP contribution in [0.1, 0.15) is 16.7 Å². The number of aliphatic imine (C=N–C) groups is 1. The summed E-state index contributed by atoms with van der Waals surface area (Å²) in [6.07, 6.45) is 2.56. The molecule has 0 spiro atoms. The molecule has 3 aromatic carbocycles. The molecule has 4 nitrogen and oxygen atoms in total. The molecule has 0 saturated carbocycles. The monoisotopic (exact) mass is 447 g/mol. The maximum Gasteiger partial charge on any atom is 0.363 e. The van der Waals surface area contributed by atoms with Crippen LogP contribution in [0.3, 0.4) is 0 Å². The van der Waals surface area contributed by atoms with Crippen LogP contribution in [0.15, 0.2) is 94.0 Å². The predicted octanol–water partition coefficient (Wildman–Crippen LogP) is 5.42. The Morgan fingerprint density at radius 3 is 2.38 bits per heavy atom. The van der Waals surface area contributed by atoms with E-state index in [4.69, 9.17) is 9.47 Å². The molecule has 0 radical (unpaired) electrons. The molecule has 0 N–H and O–H groups in total. The van der Waals surface area contributed by atoms with Gasteiger partial charge in [-0.25, -0.2) is 9.79 Å². The number of rotatable bonds is 6. The average molecular weight is 448 g/mol. The lowest BCUT2D eigenvalue weighted by atomic mass is 10.1. The van der Waals surface area contributed by atoms with E-state index in [1.807, 2.05) is 66.7 Å². The van der Waals surface area contributed by atoms with Crippen molar-refractivity contribution in [1.29, 1.82) is 0 Å². The van der Waals surface area contributed by atoms with E-state index in [0.29, 0.717) is 12.5 Å². The summed E-state index contributed by atoms with van der Waals surface area (Å²) in [5.41, 5.74) is 3.13. The molecule has 0 aliphatic carbocycles. The zero-order valence-corrected chi connectivity index (χ0v) is 17.1. The number of carbonyl (C=O) groups excluding carboxylic acids is 1. The zero-order chi connectivity index (χ0) is 20.1. The number of hydrogen-bond donors (Lipinski definition) is 0. The van der Waals surface area contributed by atoms with Crippen molar-refractivity contribution in [2.24, 2.45) is 4.99 Å². The Kier molecular flexibility index (Phi) is 5.86. The Balaban J connectivity index is 1.40. The van der Waals surface area contributed by atoms with E-state index in [2.05, 4.69) is 33.1 Å². The molecule has 0 aromatic heterocycles. The molecule has 0 amide bonds. The summed E-state index contributed by atoms with van der Waals surface area (Å²) in [5.74, 6) is 0.650. The van der Waals surface area contributed by atoms with Gasteiger partial charge in [0, 0.05) is 16.5 Å². The van der Waals surface area contributed by atoms with Gasteiger partial charge in [-0.05, 0) is 53.6 Å². The molecular weight excluding hydrogens is 430 g/mol. The minimum Gasteiger partial charge on any atom is -0.493 e. The van der Waals surface area contributed by atoms with E-state index in [-0.39, 0.29) is 5.70 Å². The van der Waals surface area contributed by atoms with E-state index in [0.717, 1.165) is 27.8 Å². The second kappa shape index (κ2) is 8.88. The van der Waals surface area contributed by atoms with Crippen molar-refractivity contribution in [3.63, 3.8) is 0 Å². The fraction of sp³-hybridized carbons (Fsp3) is 0.0833. The third kappa shape index (κ3) is 5.00. The summed E-state index contributed by atoms with van der Waals surface area (Å²) in [5, 5.41) is 0. The molecule has 144 valence electrons. The van der Waals surface area contributed by atoms with Crippen LogP contribution in [-0.2, 0) is 16.0 Å². The molecule has 0 bridgehead atoms. The summed E-state index contributed by atoms with van der Waals surface area (Å²) in [7, 11) is 0. The van der Waals surface area contributed by atoms with Crippen LogP contribution in [0.5, 0.6) is 5.75 Å². The number of esters is 1. The highest BCUT2D eigenvalue weighted by Gasteiger charge is 2.24. The summed E-state index contributed by atoms with van der Waals surface area (Å²) >= 11 is 3.39. The largest absolute Gasteiger partial charge is 0.493 e. The van der Waals surface area contributed by atoms with Crippen LogP contribution in [0, 0.1) is 0 Å². The lowest BCUT2D eigenvalue weighted by molar-refractivity contribution is -0.129. The van der Waals surface area contributed by atoms with Gasteiger partial charge in [-0.3, -0.25) is 0 Å². The number of hydrogen-bond acceptors (Lipinski definition) is 4. The number of nitrogens with zero attached hydrogens (tertiary/aromatic N) is 1. The summed E-state index contributed by atoms with van der Waals surface area (Å²) in [4.78, 5) is 16.5. The highest BCUT2D eigenvalue weighted by molar-refractivity contribution is 9.10.